The molecule has 3 aliphatic heterocycles. The van der Waals surface area contributed by atoms with E-state index in [4.69, 9.17) is 17.3 Å². The molecular weight excluding hydrogens is 1030 g/mol. The van der Waals surface area contributed by atoms with Gasteiger partial charge in [-0.25, -0.2) is 29.9 Å². The smallest absolute Gasteiger partial charge is 0.278 e. The van der Waals surface area contributed by atoms with E-state index in [1.54, 1.807) is 30.6 Å². The van der Waals surface area contributed by atoms with Gasteiger partial charge < -0.3 is 31.1 Å². The van der Waals surface area contributed by atoms with E-state index in [1.165, 1.54) is 73.2 Å². The molecule has 0 radical (unpaired) electrons. The normalized spacial score (nSPS) is 14.2. The summed E-state index contributed by atoms with van der Waals surface area (Å²) in [5, 5.41) is 29.9. The second kappa shape index (κ2) is 27.2. The number of nitrogens with two attached hydrogens (primary N) is 1. The van der Waals surface area contributed by atoms with Crippen LogP contribution in [0.3, 0.4) is 0 Å². The van der Waals surface area contributed by atoms with Crippen molar-refractivity contribution in [2.75, 3.05) is 70.3 Å². The van der Waals surface area contributed by atoms with Gasteiger partial charge in [0.05, 0.1) is 38.1 Å². The van der Waals surface area contributed by atoms with E-state index < -0.39 is 4.92 Å². The number of hydrogen-bond acceptors (Lipinski definition) is 16. The highest BCUT2D eigenvalue weighted by atomic mass is 35.5. The van der Waals surface area contributed by atoms with E-state index in [0.717, 1.165) is 111 Å². The summed E-state index contributed by atoms with van der Waals surface area (Å²) in [5.74, 6) is 1.44. The Balaban J connectivity index is 0.000000147. The van der Waals surface area contributed by atoms with E-state index in [-0.39, 0.29) is 21.5 Å². The number of halogens is 1. The molecule has 11 rings (SSSR count). The Hall–Kier alpha value is -8.77. The van der Waals surface area contributed by atoms with Gasteiger partial charge in [-0.05, 0) is 125 Å². The Morgan fingerprint density at radius 1 is 0.475 bits per heavy atom. The molecule has 0 spiro atoms. The molecule has 3 saturated heterocycles. The molecule has 0 bridgehead atoms. The van der Waals surface area contributed by atoms with Crippen molar-refractivity contribution in [3.63, 3.8) is 0 Å². The zero-order valence-electron chi connectivity index (χ0n) is 45.3. The van der Waals surface area contributed by atoms with Crippen LogP contribution < -0.4 is 31.1 Å². The lowest BCUT2D eigenvalue weighted by Crippen LogP contribution is -2.29. The van der Waals surface area contributed by atoms with Gasteiger partial charge in [0.2, 0.25) is 0 Å². The van der Waals surface area contributed by atoms with Crippen molar-refractivity contribution in [3.8, 4) is 33.8 Å². The summed E-state index contributed by atoms with van der Waals surface area (Å²) in [7, 11) is 0. The zero-order chi connectivity index (χ0) is 55.8. The largest absolute Gasteiger partial charge is 0.398 e. The Labute approximate surface area is 471 Å². The summed E-state index contributed by atoms with van der Waals surface area (Å²) in [6.07, 6.45) is 15.2. The van der Waals surface area contributed by atoms with E-state index in [1.807, 2.05) is 36.4 Å². The number of nitrogens with zero attached hydrogens (tertiary/aromatic N) is 11. The summed E-state index contributed by atoms with van der Waals surface area (Å²) in [4.78, 5) is 54.6. The van der Waals surface area contributed by atoms with Crippen molar-refractivity contribution in [3.05, 3.63) is 188 Å². The van der Waals surface area contributed by atoms with Crippen LogP contribution in [0.4, 0.5) is 45.8 Å². The zero-order valence-corrected chi connectivity index (χ0v) is 46.1. The highest BCUT2D eigenvalue weighted by molar-refractivity contribution is 6.29. The lowest BCUT2D eigenvalue weighted by atomic mass is 10.1. The summed E-state index contributed by atoms with van der Waals surface area (Å²) in [6.45, 7) is 11.6. The molecule has 0 saturated carbocycles. The molecular formula is C61H67ClN14O4. The lowest BCUT2D eigenvalue weighted by Gasteiger charge is -2.29. The van der Waals surface area contributed by atoms with E-state index >= 15 is 0 Å². The molecule has 0 aliphatic carbocycles. The van der Waals surface area contributed by atoms with Crippen molar-refractivity contribution in [1.29, 1.82) is 0 Å². The number of benzene rings is 5. The first-order valence-electron chi connectivity index (χ1n) is 27.4. The van der Waals surface area contributed by atoms with E-state index in [2.05, 4.69) is 124 Å². The minimum atomic E-state index is -0.397. The highest BCUT2D eigenvalue weighted by Crippen LogP contribution is 2.37. The van der Waals surface area contributed by atoms with Crippen LogP contribution in [0.15, 0.2) is 140 Å². The fourth-order valence-corrected chi connectivity index (χ4v) is 10.4. The van der Waals surface area contributed by atoms with Crippen LogP contribution in [-0.4, -0.2) is 79.0 Å². The average Bonchev–Trinajstić information content (AvgIpc) is 3.54. The van der Waals surface area contributed by atoms with Gasteiger partial charge in [0.15, 0.2) is 0 Å². The van der Waals surface area contributed by atoms with Gasteiger partial charge in [0, 0.05) is 111 Å². The Morgan fingerprint density at radius 3 is 1.27 bits per heavy atom. The number of aromatic nitrogens is 6. The maximum atomic E-state index is 11.6. The van der Waals surface area contributed by atoms with Gasteiger partial charge in [0.25, 0.3) is 11.4 Å². The fraction of sp³-hybridized carbons (Fsp3) is 0.311. The predicted octanol–water partition coefficient (Wildman–Crippen LogP) is 13.3. The number of nitro benzene ring substituents is 2. The van der Waals surface area contributed by atoms with Gasteiger partial charge in [0.1, 0.15) is 35.8 Å². The average molecular weight is 1100 g/mol. The SMILES string of the molecule is Cc1cccc(CNc2cc(-c3cc(N4CCCCC4)ccc3N)ncn2)c1.Cc1cccc(CNc2cc(-c3cc(N4CCCCC4)ccc3[N+](=O)[O-])ncn2)c1.O=[N+]([O-])c1ccc(N2CCCCC2)cc1-c1cc(Cl)ncn1. The van der Waals surface area contributed by atoms with Crippen molar-refractivity contribution in [1.82, 2.24) is 29.9 Å². The number of nitrogen functional groups attached to an aromatic ring is 1. The van der Waals surface area contributed by atoms with Gasteiger partial charge in [-0.15, -0.1) is 0 Å². The van der Waals surface area contributed by atoms with Crippen LogP contribution in [0, 0.1) is 34.1 Å². The Kier molecular flexibility index (Phi) is 19.0. The minimum Gasteiger partial charge on any atom is -0.398 e. The van der Waals surface area contributed by atoms with Crippen molar-refractivity contribution < 1.29 is 9.85 Å². The first kappa shape index (κ1) is 56.0. The molecule has 8 aromatic rings. The third-order valence-corrected chi connectivity index (χ3v) is 14.7. The van der Waals surface area contributed by atoms with Crippen LogP contribution >= 0.6 is 11.6 Å². The van der Waals surface area contributed by atoms with Gasteiger partial charge in [-0.3, -0.25) is 20.2 Å². The van der Waals surface area contributed by atoms with Crippen LogP contribution in [-0.2, 0) is 13.1 Å². The summed E-state index contributed by atoms with van der Waals surface area (Å²) in [6, 6.07) is 38.7. The lowest BCUT2D eigenvalue weighted by molar-refractivity contribution is -0.384. The highest BCUT2D eigenvalue weighted by Gasteiger charge is 2.23. The summed E-state index contributed by atoms with van der Waals surface area (Å²) >= 11 is 5.88. The molecule has 412 valence electrons. The molecule has 4 N–H and O–H groups in total. The van der Waals surface area contributed by atoms with Gasteiger partial charge in [-0.2, -0.15) is 0 Å². The number of anilines is 6. The van der Waals surface area contributed by atoms with Gasteiger partial charge in [-0.1, -0.05) is 71.3 Å². The number of rotatable bonds is 14. The third-order valence-electron chi connectivity index (χ3n) is 14.5. The van der Waals surface area contributed by atoms with E-state index in [9.17, 15) is 20.2 Å². The van der Waals surface area contributed by atoms with Crippen LogP contribution in [0.5, 0.6) is 0 Å². The van der Waals surface area contributed by atoms with Crippen molar-refractivity contribution in [2.45, 2.75) is 84.7 Å². The maximum absolute atomic E-state index is 11.6. The quantitative estimate of drug-likeness (QED) is 0.0398. The van der Waals surface area contributed by atoms with Crippen LogP contribution in [0.25, 0.3) is 33.8 Å². The maximum Gasteiger partial charge on any atom is 0.278 e. The fourth-order valence-electron chi connectivity index (χ4n) is 10.3. The molecule has 3 aromatic heterocycles. The number of aryl methyl sites for hydroxylation is 2. The minimum absolute atomic E-state index is 0.0236. The molecule has 18 nitrogen and oxygen atoms in total. The topological polar surface area (TPSA) is 223 Å². The first-order chi connectivity index (χ1) is 38.9. The molecule has 6 heterocycles. The second-order valence-corrected chi connectivity index (χ2v) is 20.7. The molecule has 19 heteroatoms. The molecule has 3 aliphatic rings. The predicted molar refractivity (Wildman–Crippen MR) is 320 cm³/mol. The Morgan fingerprint density at radius 2 is 0.863 bits per heavy atom. The molecule has 80 heavy (non-hydrogen) atoms. The monoisotopic (exact) mass is 1090 g/mol. The Bertz CT molecular complexity index is 3400. The number of piperidine rings is 3. The number of nitrogens with one attached hydrogen (secondary N) is 2. The van der Waals surface area contributed by atoms with Crippen molar-refractivity contribution >= 4 is 57.4 Å². The standard InChI is InChI=1S/C23H25N5O2.C23H27N5.C15H15ClN4O2/c1-17-6-5-7-18(12-17)15-24-23-14-21(25-16-26-23)20-13-19(8-9-22(20)28(29)30)27-10-3-2-4-11-27;1-17-6-5-7-18(12-17)15-25-23-14-22(26-16-27-23)20-13-19(8-9-21(20)24)28-10-3-2-4-11-28;16-15-9-13(17-10-18-15)12-8-11(4-5-14(12)20(21)22)19-6-2-1-3-7-19/h5-9,12-14,16H,2-4,10-11,15H2,1H3,(H,24,25,26);5-9,12-14,16H,2-4,10-11,15,24H2,1H3,(H,25,26,27);4-5,8-10H,1-3,6-7H2. The summed E-state index contributed by atoms with van der Waals surface area (Å²) in [5.41, 5.74) is 18.9. The van der Waals surface area contributed by atoms with Crippen molar-refractivity contribution in [2.24, 2.45) is 0 Å². The van der Waals surface area contributed by atoms with Crippen LogP contribution in [0.2, 0.25) is 5.15 Å². The second-order valence-electron chi connectivity index (χ2n) is 20.3. The molecule has 0 amide bonds. The molecule has 0 unspecified atom stereocenters. The molecule has 0 atom stereocenters. The van der Waals surface area contributed by atoms with Gasteiger partial charge >= 0.3 is 0 Å². The summed E-state index contributed by atoms with van der Waals surface area (Å²) < 4.78 is 0. The third kappa shape index (κ3) is 15.1. The van der Waals surface area contributed by atoms with Crippen LogP contribution in [0.1, 0.15) is 80.0 Å². The first-order valence-corrected chi connectivity index (χ1v) is 27.7. The molecule has 3 fully saturated rings. The van der Waals surface area contributed by atoms with E-state index in [0.29, 0.717) is 34.9 Å². The number of hydrogen-bond donors (Lipinski definition) is 3. The molecule has 5 aromatic carbocycles. The number of nitro groups is 2.